The van der Waals surface area contributed by atoms with E-state index in [0.717, 1.165) is 24.7 Å². The standard InChI is InChI=1S/C11H14O/c1-9-6-7-12-11-5-3-2-4-10(11)8-9/h2-5,9H,6-8H2,1H3/t9-/m0/s1. The lowest BCUT2D eigenvalue weighted by Crippen LogP contribution is -1.99. The number of hydrogen-bond acceptors (Lipinski definition) is 1. The maximum absolute atomic E-state index is 5.62. The fraction of sp³-hybridized carbons (Fsp3) is 0.455. The molecule has 1 aliphatic rings. The van der Waals surface area contributed by atoms with Gasteiger partial charge in [-0.15, -0.1) is 0 Å². The third kappa shape index (κ3) is 1.45. The third-order valence-corrected chi connectivity index (χ3v) is 2.41. The second-order valence-electron chi connectivity index (χ2n) is 3.55. The number of rotatable bonds is 0. The van der Waals surface area contributed by atoms with Gasteiger partial charge in [0.05, 0.1) is 6.61 Å². The summed E-state index contributed by atoms with van der Waals surface area (Å²) in [6.07, 6.45) is 2.34. The molecule has 0 spiro atoms. The molecule has 0 aliphatic carbocycles. The molecule has 0 amide bonds. The quantitative estimate of drug-likeness (QED) is 0.570. The SMILES string of the molecule is C[C@H]1CCOc2ccccc2C1. The molecule has 0 fully saturated rings. The van der Waals surface area contributed by atoms with Crippen LogP contribution in [-0.4, -0.2) is 6.61 Å². The molecule has 0 saturated heterocycles. The molecular formula is C11H14O. The molecule has 1 heterocycles. The molecule has 1 atom stereocenters. The van der Waals surface area contributed by atoms with Crippen molar-refractivity contribution in [1.29, 1.82) is 0 Å². The van der Waals surface area contributed by atoms with E-state index in [1.807, 2.05) is 6.07 Å². The number of ether oxygens (including phenoxy) is 1. The lowest BCUT2D eigenvalue weighted by atomic mass is 9.99. The van der Waals surface area contributed by atoms with E-state index in [1.54, 1.807) is 0 Å². The summed E-state index contributed by atoms with van der Waals surface area (Å²) in [6.45, 7) is 3.16. The first-order valence-electron chi connectivity index (χ1n) is 4.57. The zero-order chi connectivity index (χ0) is 8.39. The zero-order valence-corrected chi connectivity index (χ0v) is 7.42. The van der Waals surface area contributed by atoms with Gasteiger partial charge in [0.25, 0.3) is 0 Å². The van der Waals surface area contributed by atoms with Crippen LogP contribution in [0.4, 0.5) is 0 Å². The van der Waals surface area contributed by atoms with Crippen LogP contribution in [0.3, 0.4) is 0 Å². The van der Waals surface area contributed by atoms with Crippen molar-refractivity contribution in [2.75, 3.05) is 6.61 Å². The summed E-state index contributed by atoms with van der Waals surface area (Å²) < 4.78 is 5.62. The maximum Gasteiger partial charge on any atom is 0.122 e. The first-order chi connectivity index (χ1) is 5.86. The normalized spacial score (nSPS) is 22.2. The van der Waals surface area contributed by atoms with Crippen LogP contribution in [0.25, 0.3) is 0 Å². The molecule has 1 heteroatoms. The number of fused-ring (bicyclic) bond motifs is 1. The molecule has 12 heavy (non-hydrogen) atoms. The third-order valence-electron chi connectivity index (χ3n) is 2.41. The highest BCUT2D eigenvalue weighted by Crippen LogP contribution is 2.25. The van der Waals surface area contributed by atoms with Gasteiger partial charge < -0.3 is 4.74 Å². The Bertz CT molecular complexity index is 267. The number of hydrogen-bond donors (Lipinski definition) is 0. The number of para-hydroxylation sites is 1. The van der Waals surface area contributed by atoms with E-state index < -0.39 is 0 Å². The van der Waals surface area contributed by atoms with Crippen LogP contribution in [0, 0.1) is 5.92 Å². The molecule has 0 aromatic heterocycles. The van der Waals surface area contributed by atoms with Gasteiger partial charge in [0.1, 0.15) is 5.75 Å². The average molecular weight is 162 g/mol. The number of benzene rings is 1. The van der Waals surface area contributed by atoms with E-state index in [0.29, 0.717) is 0 Å². The van der Waals surface area contributed by atoms with Crippen LogP contribution in [0.5, 0.6) is 5.75 Å². The molecule has 1 aromatic carbocycles. The second-order valence-corrected chi connectivity index (χ2v) is 3.55. The van der Waals surface area contributed by atoms with Gasteiger partial charge in [-0.25, -0.2) is 0 Å². The van der Waals surface area contributed by atoms with Crippen LogP contribution in [0.2, 0.25) is 0 Å². The predicted octanol–water partition coefficient (Wildman–Crippen LogP) is 2.65. The highest BCUT2D eigenvalue weighted by Gasteiger charge is 2.12. The second kappa shape index (κ2) is 3.18. The van der Waals surface area contributed by atoms with Gasteiger partial charge in [0.15, 0.2) is 0 Å². The van der Waals surface area contributed by atoms with Crippen LogP contribution >= 0.6 is 0 Å². The smallest absolute Gasteiger partial charge is 0.122 e. The highest BCUT2D eigenvalue weighted by atomic mass is 16.5. The van der Waals surface area contributed by atoms with E-state index in [4.69, 9.17) is 4.74 Å². The van der Waals surface area contributed by atoms with Crippen molar-refractivity contribution < 1.29 is 4.74 Å². The van der Waals surface area contributed by atoms with Crippen molar-refractivity contribution in [2.45, 2.75) is 19.8 Å². The lowest BCUT2D eigenvalue weighted by Gasteiger charge is -2.05. The van der Waals surface area contributed by atoms with Crippen LogP contribution in [0.1, 0.15) is 18.9 Å². The predicted molar refractivity (Wildman–Crippen MR) is 49.4 cm³/mol. The maximum atomic E-state index is 5.62. The fourth-order valence-electron chi connectivity index (χ4n) is 1.66. The molecule has 1 nitrogen and oxygen atoms in total. The van der Waals surface area contributed by atoms with E-state index in [9.17, 15) is 0 Å². The Morgan fingerprint density at radius 3 is 3.08 bits per heavy atom. The van der Waals surface area contributed by atoms with Gasteiger partial charge in [-0.3, -0.25) is 0 Å². The Kier molecular flexibility index (Phi) is 2.03. The summed E-state index contributed by atoms with van der Waals surface area (Å²) >= 11 is 0. The molecule has 0 N–H and O–H groups in total. The summed E-state index contributed by atoms with van der Waals surface area (Å²) in [5, 5.41) is 0. The lowest BCUT2D eigenvalue weighted by molar-refractivity contribution is 0.300. The summed E-state index contributed by atoms with van der Waals surface area (Å²) in [5.41, 5.74) is 1.36. The molecule has 0 unspecified atom stereocenters. The van der Waals surface area contributed by atoms with Gasteiger partial charge in [-0.2, -0.15) is 0 Å². The minimum Gasteiger partial charge on any atom is -0.493 e. The Hall–Kier alpha value is -0.980. The molecule has 1 aliphatic heterocycles. The van der Waals surface area contributed by atoms with Crippen molar-refractivity contribution in [3.05, 3.63) is 29.8 Å². The first kappa shape index (κ1) is 7.66. The highest BCUT2D eigenvalue weighted by molar-refractivity contribution is 5.34. The summed E-state index contributed by atoms with van der Waals surface area (Å²) in [7, 11) is 0. The van der Waals surface area contributed by atoms with Gasteiger partial charge in [-0.05, 0) is 30.4 Å². The Balaban J connectivity index is 2.31. The van der Waals surface area contributed by atoms with Crippen molar-refractivity contribution in [1.82, 2.24) is 0 Å². The van der Waals surface area contributed by atoms with Gasteiger partial charge in [0, 0.05) is 0 Å². The molecule has 0 radical (unpaired) electrons. The zero-order valence-electron chi connectivity index (χ0n) is 7.42. The van der Waals surface area contributed by atoms with Crippen molar-refractivity contribution in [3.8, 4) is 5.75 Å². The summed E-state index contributed by atoms with van der Waals surface area (Å²) in [4.78, 5) is 0. The Morgan fingerprint density at radius 2 is 2.17 bits per heavy atom. The van der Waals surface area contributed by atoms with Crippen LogP contribution in [0.15, 0.2) is 24.3 Å². The van der Waals surface area contributed by atoms with Gasteiger partial charge in [0.2, 0.25) is 0 Å². The molecular weight excluding hydrogens is 148 g/mol. The minimum absolute atomic E-state index is 0.758. The van der Waals surface area contributed by atoms with Crippen molar-refractivity contribution >= 4 is 0 Å². The van der Waals surface area contributed by atoms with E-state index in [2.05, 4.69) is 25.1 Å². The summed E-state index contributed by atoms with van der Waals surface area (Å²) in [6, 6.07) is 8.35. The van der Waals surface area contributed by atoms with E-state index in [1.165, 1.54) is 12.0 Å². The minimum atomic E-state index is 0.758. The van der Waals surface area contributed by atoms with Gasteiger partial charge >= 0.3 is 0 Å². The topological polar surface area (TPSA) is 9.23 Å². The largest absolute Gasteiger partial charge is 0.493 e. The first-order valence-corrected chi connectivity index (χ1v) is 4.57. The van der Waals surface area contributed by atoms with Crippen molar-refractivity contribution in [3.63, 3.8) is 0 Å². The van der Waals surface area contributed by atoms with Gasteiger partial charge in [-0.1, -0.05) is 25.1 Å². The fourth-order valence-corrected chi connectivity index (χ4v) is 1.66. The van der Waals surface area contributed by atoms with E-state index in [-0.39, 0.29) is 0 Å². The van der Waals surface area contributed by atoms with Crippen LogP contribution < -0.4 is 4.74 Å². The molecule has 0 saturated carbocycles. The monoisotopic (exact) mass is 162 g/mol. The average Bonchev–Trinajstić information content (AvgIpc) is 2.25. The molecule has 1 aromatic rings. The molecule has 64 valence electrons. The molecule has 0 bridgehead atoms. The Labute approximate surface area is 73.4 Å². The van der Waals surface area contributed by atoms with Crippen LogP contribution in [-0.2, 0) is 6.42 Å². The Morgan fingerprint density at radius 1 is 1.33 bits per heavy atom. The van der Waals surface area contributed by atoms with E-state index >= 15 is 0 Å². The summed E-state index contributed by atoms with van der Waals surface area (Å²) in [5.74, 6) is 1.84. The van der Waals surface area contributed by atoms with Crippen molar-refractivity contribution in [2.24, 2.45) is 5.92 Å². The molecule has 2 rings (SSSR count).